The second-order valence-corrected chi connectivity index (χ2v) is 8.14. The summed E-state index contributed by atoms with van der Waals surface area (Å²) in [4.78, 5) is 4.52. The second-order valence-electron chi connectivity index (χ2n) is 6.93. The highest BCUT2D eigenvalue weighted by Crippen LogP contribution is 2.28. The fraction of sp³-hybridized carbons (Fsp3) is 0.381. The van der Waals surface area contributed by atoms with Gasteiger partial charge in [-0.25, -0.2) is 0 Å². The van der Waals surface area contributed by atoms with Crippen LogP contribution in [0.15, 0.2) is 42.5 Å². The second kappa shape index (κ2) is 9.13. The summed E-state index contributed by atoms with van der Waals surface area (Å²) in [5.74, 6) is 0.584. The molecule has 6 heteroatoms. The van der Waals surface area contributed by atoms with Gasteiger partial charge in [-0.15, -0.1) is 0 Å². The molecule has 1 aliphatic heterocycles. The van der Waals surface area contributed by atoms with E-state index in [2.05, 4.69) is 53.2 Å². The minimum absolute atomic E-state index is 0.584. The minimum Gasteiger partial charge on any atom is -0.368 e. The monoisotopic (exact) mass is 421 g/mol. The SMILES string of the molecule is CCC(C)c1ccc(NC(=S)N2CCN(c3ccc(Cl)c(Cl)c3)CC2)cc1. The number of hydrogen-bond acceptors (Lipinski definition) is 2. The smallest absolute Gasteiger partial charge is 0.173 e. The molecule has 1 fully saturated rings. The van der Waals surface area contributed by atoms with Gasteiger partial charge in [0.1, 0.15) is 0 Å². The van der Waals surface area contributed by atoms with Crippen LogP contribution in [0.2, 0.25) is 10.0 Å². The zero-order valence-electron chi connectivity index (χ0n) is 15.7. The van der Waals surface area contributed by atoms with E-state index in [9.17, 15) is 0 Å². The van der Waals surface area contributed by atoms with E-state index in [1.165, 1.54) is 5.56 Å². The number of anilines is 2. The first-order valence-corrected chi connectivity index (χ1v) is 10.5. The zero-order chi connectivity index (χ0) is 19.4. The van der Waals surface area contributed by atoms with E-state index in [4.69, 9.17) is 35.4 Å². The van der Waals surface area contributed by atoms with Gasteiger partial charge in [-0.1, -0.05) is 49.2 Å². The van der Waals surface area contributed by atoms with Gasteiger partial charge in [0, 0.05) is 37.6 Å². The quantitative estimate of drug-likeness (QED) is 0.607. The molecule has 1 aliphatic rings. The first-order chi connectivity index (χ1) is 13.0. The van der Waals surface area contributed by atoms with Crippen LogP contribution >= 0.6 is 35.4 Å². The largest absolute Gasteiger partial charge is 0.368 e. The van der Waals surface area contributed by atoms with Gasteiger partial charge in [-0.05, 0) is 60.5 Å². The average molecular weight is 422 g/mol. The number of rotatable bonds is 4. The molecule has 3 rings (SSSR count). The standard InChI is InChI=1S/C21H25Cl2N3S/c1-3-15(2)16-4-6-17(7-5-16)24-21(27)26-12-10-25(11-13-26)18-8-9-19(22)20(23)14-18/h4-9,14-15H,3,10-13H2,1-2H3,(H,24,27). The van der Waals surface area contributed by atoms with Gasteiger partial charge in [0.05, 0.1) is 10.0 Å². The molecule has 3 nitrogen and oxygen atoms in total. The van der Waals surface area contributed by atoms with Gasteiger partial charge in [-0.2, -0.15) is 0 Å². The molecule has 1 unspecified atom stereocenters. The Morgan fingerprint density at radius 2 is 1.70 bits per heavy atom. The van der Waals surface area contributed by atoms with Crippen LogP contribution in [0.1, 0.15) is 31.7 Å². The van der Waals surface area contributed by atoms with Crippen LogP contribution in [0, 0.1) is 0 Å². The summed E-state index contributed by atoms with van der Waals surface area (Å²) in [6, 6.07) is 14.4. The van der Waals surface area contributed by atoms with Crippen LogP contribution < -0.4 is 10.2 Å². The van der Waals surface area contributed by atoms with Crippen molar-refractivity contribution < 1.29 is 0 Å². The molecule has 0 amide bonds. The Bertz CT molecular complexity index is 787. The van der Waals surface area contributed by atoms with E-state index >= 15 is 0 Å². The van der Waals surface area contributed by atoms with E-state index < -0.39 is 0 Å². The fourth-order valence-electron chi connectivity index (χ4n) is 3.18. The van der Waals surface area contributed by atoms with Crippen LogP contribution in [0.25, 0.3) is 0 Å². The average Bonchev–Trinajstić information content (AvgIpc) is 2.70. The minimum atomic E-state index is 0.584. The number of nitrogens with zero attached hydrogens (tertiary/aromatic N) is 2. The maximum Gasteiger partial charge on any atom is 0.173 e. The van der Waals surface area contributed by atoms with Crippen molar-refractivity contribution in [2.24, 2.45) is 0 Å². The molecule has 0 bridgehead atoms. The molecule has 2 aromatic carbocycles. The summed E-state index contributed by atoms with van der Waals surface area (Å²) in [7, 11) is 0. The van der Waals surface area contributed by atoms with Crippen molar-refractivity contribution in [2.75, 3.05) is 36.4 Å². The third kappa shape index (κ3) is 5.07. The van der Waals surface area contributed by atoms with Crippen molar-refractivity contribution in [1.82, 2.24) is 4.90 Å². The normalized spacial score (nSPS) is 15.6. The number of thiocarbonyl (C=S) groups is 1. The first kappa shape index (κ1) is 20.2. The van der Waals surface area contributed by atoms with Crippen molar-refractivity contribution in [3.05, 3.63) is 58.1 Å². The third-order valence-corrected chi connectivity index (χ3v) is 6.28. The molecule has 1 atom stereocenters. The van der Waals surface area contributed by atoms with Crippen LogP contribution in [0.5, 0.6) is 0 Å². The zero-order valence-corrected chi connectivity index (χ0v) is 18.0. The number of piperazine rings is 1. The van der Waals surface area contributed by atoms with Crippen molar-refractivity contribution in [1.29, 1.82) is 0 Å². The van der Waals surface area contributed by atoms with Gasteiger partial charge in [0.25, 0.3) is 0 Å². The number of hydrogen-bond donors (Lipinski definition) is 1. The molecular weight excluding hydrogens is 397 g/mol. The van der Waals surface area contributed by atoms with E-state index in [1.54, 1.807) is 0 Å². The lowest BCUT2D eigenvalue weighted by Crippen LogP contribution is -2.50. The Morgan fingerprint density at radius 1 is 1.04 bits per heavy atom. The summed E-state index contributed by atoms with van der Waals surface area (Å²) in [5.41, 5.74) is 3.51. The lowest BCUT2D eigenvalue weighted by Gasteiger charge is -2.37. The van der Waals surface area contributed by atoms with Gasteiger partial charge in [-0.3, -0.25) is 0 Å². The predicted molar refractivity (Wildman–Crippen MR) is 122 cm³/mol. The van der Waals surface area contributed by atoms with Crippen LogP contribution in [-0.4, -0.2) is 36.2 Å². The van der Waals surface area contributed by atoms with Gasteiger partial charge < -0.3 is 15.1 Å². The summed E-state index contributed by atoms with van der Waals surface area (Å²) >= 11 is 17.8. The summed E-state index contributed by atoms with van der Waals surface area (Å²) < 4.78 is 0. The van der Waals surface area contributed by atoms with Crippen LogP contribution in [0.4, 0.5) is 11.4 Å². The third-order valence-electron chi connectivity index (χ3n) is 5.18. The maximum absolute atomic E-state index is 6.14. The van der Waals surface area contributed by atoms with E-state index in [0.29, 0.717) is 16.0 Å². The molecule has 0 aliphatic carbocycles. The molecule has 1 heterocycles. The molecule has 0 saturated carbocycles. The molecule has 27 heavy (non-hydrogen) atoms. The van der Waals surface area contributed by atoms with E-state index in [-0.39, 0.29) is 0 Å². The predicted octanol–water partition coefficient (Wildman–Crippen LogP) is 6.03. The molecule has 1 N–H and O–H groups in total. The van der Waals surface area contributed by atoms with Crippen molar-refractivity contribution in [3.8, 4) is 0 Å². The summed E-state index contributed by atoms with van der Waals surface area (Å²) in [6.45, 7) is 8.00. The number of benzene rings is 2. The summed E-state index contributed by atoms with van der Waals surface area (Å²) in [6.07, 6.45) is 1.15. The van der Waals surface area contributed by atoms with Crippen molar-refractivity contribution in [3.63, 3.8) is 0 Å². The molecule has 0 spiro atoms. The molecule has 144 valence electrons. The molecular formula is C21H25Cl2N3S. The van der Waals surface area contributed by atoms with Gasteiger partial charge >= 0.3 is 0 Å². The Kier molecular flexibility index (Phi) is 6.85. The first-order valence-electron chi connectivity index (χ1n) is 9.33. The number of halogens is 2. The number of nitrogens with one attached hydrogen (secondary N) is 1. The molecule has 0 radical (unpaired) electrons. The Labute approximate surface area is 177 Å². The Morgan fingerprint density at radius 3 is 2.30 bits per heavy atom. The van der Waals surface area contributed by atoms with Crippen LogP contribution in [0.3, 0.4) is 0 Å². The Hall–Kier alpha value is -1.49. The highest BCUT2D eigenvalue weighted by molar-refractivity contribution is 7.80. The van der Waals surface area contributed by atoms with E-state index in [0.717, 1.165) is 49.1 Å². The lowest BCUT2D eigenvalue weighted by atomic mass is 9.99. The van der Waals surface area contributed by atoms with Gasteiger partial charge in [0.2, 0.25) is 0 Å². The molecule has 1 saturated heterocycles. The fourth-order valence-corrected chi connectivity index (χ4v) is 3.78. The van der Waals surface area contributed by atoms with Crippen molar-refractivity contribution in [2.45, 2.75) is 26.2 Å². The lowest BCUT2D eigenvalue weighted by molar-refractivity contribution is 0.391. The van der Waals surface area contributed by atoms with Gasteiger partial charge in [0.15, 0.2) is 5.11 Å². The Balaban J connectivity index is 1.54. The highest BCUT2D eigenvalue weighted by Gasteiger charge is 2.19. The maximum atomic E-state index is 6.14. The molecule has 2 aromatic rings. The van der Waals surface area contributed by atoms with E-state index in [1.807, 2.05) is 18.2 Å². The topological polar surface area (TPSA) is 18.5 Å². The van der Waals surface area contributed by atoms with Crippen LogP contribution in [-0.2, 0) is 0 Å². The highest BCUT2D eigenvalue weighted by atomic mass is 35.5. The van der Waals surface area contributed by atoms with Crippen molar-refractivity contribution >= 4 is 51.9 Å². The molecule has 0 aromatic heterocycles. The summed E-state index contributed by atoms with van der Waals surface area (Å²) in [5, 5.41) is 5.32.